The van der Waals surface area contributed by atoms with Crippen molar-refractivity contribution in [2.45, 2.75) is 57.5 Å². The average molecular weight is 342 g/mol. The average Bonchev–Trinajstić information content (AvgIpc) is 3.09. The molecule has 1 saturated carbocycles. The Morgan fingerprint density at radius 3 is 2.60 bits per heavy atom. The van der Waals surface area contributed by atoms with Crippen molar-refractivity contribution >= 4 is 5.91 Å². The van der Waals surface area contributed by atoms with Gasteiger partial charge in [-0.15, -0.1) is 0 Å². The molecule has 0 spiro atoms. The summed E-state index contributed by atoms with van der Waals surface area (Å²) in [5.74, 6) is 1.21. The normalized spacial score (nSPS) is 17.8. The van der Waals surface area contributed by atoms with Gasteiger partial charge in [0.05, 0.1) is 18.1 Å². The van der Waals surface area contributed by atoms with Crippen molar-refractivity contribution in [2.75, 3.05) is 6.54 Å². The molecule has 2 N–H and O–H groups in total. The fourth-order valence-electron chi connectivity index (χ4n) is 3.50. The summed E-state index contributed by atoms with van der Waals surface area (Å²) in [5.41, 5.74) is 0.737. The number of aromatic nitrogens is 2. The Labute approximate surface area is 148 Å². The summed E-state index contributed by atoms with van der Waals surface area (Å²) in [7, 11) is 0. The van der Waals surface area contributed by atoms with Crippen molar-refractivity contribution in [3.8, 4) is 0 Å². The Morgan fingerprint density at radius 1 is 1.24 bits per heavy atom. The molecule has 1 aromatic heterocycles. The summed E-state index contributed by atoms with van der Waals surface area (Å²) in [6.07, 6.45) is 5.25. The van der Waals surface area contributed by atoms with E-state index in [0.717, 1.165) is 31.2 Å². The minimum atomic E-state index is -0.358. The minimum absolute atomic E-state index is 0.0229. The maximum absolute atomic E-state index is 12.4. The van der Waals surface area contributed by atoms with Crippen LogP contribution in [0.5, 0.6) is 0 Å². The maximum atomic E-state index is 12.4. The van der Waals surface area contributed by atoms with Crippen LogP contribution in [-0.4, -0.2) is 22.6 Å². The molecule has 0 saturated heterocycles. The van der Waals surface area contributed by atoms with Gasteiger partial charge in [-0.05, 0) is 25.3 Å². The van der Waals surface area contributed by atoms with E-state index in [1.165, 1.54) is 6.42 Å². The number of nitrogens with zero attached hydrogens (tertiary/aromatic N) is 2. The maximum Gasteiger partial charge on any atom is 0.234 e. The Balaban J connectivity index is 1.62. The zero-order chi connectivity index (χ0) is 17.7. The first-order valence-electron chi connectivity index (χ1n) is 8.99. The van der Waals surface area contributed by atoms with E-state index >= 15 is 0 Å². The van der Waals surface area contributed by atoms with E-state index in [1.54, 1.807) is 6.92 Å². The summed E-state index contributed by atoms with van der Waals surface area (Å²) < 4.78 is 5.17. The van der Waals surface area contributed by atoms with Gasteiger partial charge in [0.2, 0.25) is 11.8 Å². The molecular formula is C19H26N4O2. The molecule has 6 heteroatoms. The highest BCUT2D eigenvalue weighted by atomic mass is 16.5. The van der Waals surface area contributed by atoms with Crippen LogP contribution in [0.4, 0.5) is 0 Å². The van der Waals surface area contributed by atoms with Crippen molar-refractivity contribution in [1.29, 1.82) is 0 Å². The van der Waals surface area contributed by atoms with E-state index in [9.17, 15) is 4.79 Å². The zero-order valence-electron chi connectivity index (χ0n) is 14.9. The second kappa shape index (κ2) is 7.78. The smallest absolute Gasteiger partial charge is 0.234 e. The van der Waals surface area contributed by atoms with Gasteiger partial charge in [-0.2, -0.15) is 4.98 Å². The van der Waals surface area contributed by atoms with E-state index in [1.807, 2.05) is 37.3 Å². The molecule has 1 aliphatic rings. The summed E-state index contributed by atoms with van der Waals surface area (Å²) in [6, 6.07) is 9.94. The first-order chi connectivity index (χ1) is 12.1. The van der Waals surface area contributed by atoms with Crippen LogP contribution in [-0.2, 0) is 10.3 Å². The lowest BCUT2D eigenvalue weighted by molar-refractivity contribution is -0.121. The Kier molecular flexibility index (Phi) is 5.48. The van der Waals surface area contributed by atoms with Crippen LogP contribution in [0.1, 0.15) is 62.3 Å². The molecule has 1 amide bonds. The van der Waals surface area contributed by atoms with Gasteiger partial charge < -0.3 is 9.84 Å². The lowest BCUT2D eigenvalue weighted by Gasteiger charge is -2.35. The highest BCUT2D eigenvalue weighted by Crippen LogP contribution is 2.35. The van der Waals surface area contributed by atoms with Crippen LogP contribution in [0, 0.1) is 6.92 Å². The highest BCUT2D eigenvalue weighted by molar-refractivity contribution is 5.78. The number of carbonyl (C=O) groups excluding carboxylic acids is 1. The summed E-state index contributed by atoms with van der Waals surface area (Å²) >= 11 is 0. The standard InChI is InChI=1S/C19H26N4O2/c1-14(16-9-5-3-6-10-16)21-17(24)13-20-19(11-7-4-8-12-19)18-22-15(2)25-23-18/h3,5-6,9-10,14,20H,4,7-8,11-13H2,1-2H3,(H,21,24)/t14-/m1/s1. The molecule has 3 rings (SSSR count). The summed E-state index contributed by atoms with van der Waals surface area (Å²) in [4.78, 5) is 16.8. The lowest BCUT2D eigenvalue weighted by atomic mass is 9.81. The van der Waals surface area contributed by atoms with Crippen molar-refractivity contribution in [1.82, 2.24) is 20.8 Å². The third kappa shape index (κ3) is 4.25. The Morgan fingerprint density at radius 2 is 1.96 bits per heavy atom. The molecule has 134 valence electrons. The van der Waals surface area contributed by atoms with Gasteiger partial charge in [-0.1, -0.05) is 54.8 Å². The SMILES string of the molecule is Cc1nc(C2(NCC(=O)N[C@H](C)c3ccccc3)CCCCC2)no1. The molecule has 1 aliphatic carbocycles. The second-order valence-corrected chi connectivity index (χ2v) is 6.83. The molecule has 0 aliphatic heterocycles. The molecule has 1 fully saturated rings. The number of hydrogen-bond donors (Lipinski definition) is 2. The Hall–Kier alpha value is -2.21. The van der Waals surface area contributed by atoms with Crippen molar-refractivity contribution in [3.63, 3.8) is 0 Å². The molecule has 0 bridgehead atoms. The molecule has 0 unspecified atom stereocenters. The molecule has 0 radical (unpaired) electrons. The van der Waals surface area contributed by atoms with Gasteiger partial charge in [-0.3, -0.25) is 10.1 Å². The van der Waals surface area contributed by atoms with Crippen LogP contribution in [0.25, 0.3) is 0 Å². The first-order valence-corrected chi connectivity index (χ1v) is 8.99. The minimum Gasteiger partial charge on any atom is -0.348 e. The van der Waals surface area contributed by atoms with E-state index in [-0.39, 0.29) is 24.0 Å². The van der Waals surface area contributed by atoms with Crippen molar-refractivity contribution in [2.24, 2.45) is 0 Å². The molecule has 1 atom stereocenters. The monoisotopic (exact) mass is 342 g/mol. The Bertz CT molecular complexity index is 692. The molecule has 1 aromatic carbocycles. The second-order valence-electron chi connectivity index (χ2n) is 6.83. The predicted molar refractivity (Wildman–Crippen MR) is 94.8 cm³/mol. The van der Waals surface area contributed by atoms with Gasteiger partial charge in [0.15, 0.2) is 5.82 Å². The molecule has 25 heavy (non-hydrogen) atoms. The van der Waals surface area contributed by atoms with Crippen molar-refractivity contribution in [3.05, 3.63) is 47.6 Å². The van der Waals surface area contributed by atoms with Crippen LogP contribution >= 0.6 is 0 Å². The number of carbonyl (C=O) groups is 1. The van der Waals surface area contributed by atoms with Gasteiger partial charge in [0, 0.05) is 6.92 Å². The molecule has 1 heterocycles. The van der Waals surface area contributed by atoms with Crippen LogP contribution in [0.3, 0.4) is 0 Å². The van der Waals surface area contributed by atoms with Crippen LogP contribution in [0.2, 0.25) is 0 Å². The number of aryl methyl sites for hydroxylation is 1. The first kappa shape index (κ1) is 17.6. The lowest BCUT2D eigenvalue weighted by Crippen LogP contribution is -2.49. The van der Waals surface area contributed by atoms with Gasteiger partial charge in [-0.25, -0.2) is 0 Å². The third-order valence-corrected chi connectivity index (χ3v) is 4.93. The molecular weight excluding hydrogens is 316 g/mol. The quantitative estimate of drug-likeness (QED) is 0.843. The van der Waals surface area contributed by atoms with E-state index in [2.05, 4.69) is 20.8 Å². The van der Waals surface area contributed by atoms with E-state index in [0.29, 0.717) is 11.7 Å². The number of hydrogen-bond acceptors (Lipinski definition) is 5. The van der Waals surface area contributed by atoms with Gasteiger partial charge >= 0.3 is 0 Å². The van der Waals surface area contributed by atoms with Crippen LogP contribution < -0.4 is 10.6 Å². The number of benzene rings is 1. The largest absolute Gasteiger partial charge is 0.348 e. The fourth-order valence-corrected chi connectivity index (χ4v) is 3.50. The number of rotatable bonds is 6. The van der Waals surface area contributed by atoms with Gasteiger partial charge in [0.25, 0.3) is 0 Å². The molecule has 6 nitrogen and oxygen atoms in total. The van der Waals surface area contributed by atoms with Crippen molar-refractivity contribution < 1.29 is 9.32 Å². The predicted octanol–water partition coefficient (Wildman–Crippen LogP) is 3.00. The molecule has 2 aromatic rings. The van der Waals surface area contributed by atoms with E-state index < -0.39 is 0 Å². The number of amides is 1. The van der Waals surface area contributed by atoms with Gasteiger partial charge in [0.1, 0.15) is 0 Å². The highest BCUT2D eigenvalue weighted by Gasteiger charge is 2.38. The number of nitrogens with one attached hydrogen (secondary N) is 2. The summed E-state index contributed by atoms with van der Waals surface area (Å²) in [5, 5.41) is 10.6. The zero-order valence-corrected chi connectivity index (χ0v) is 14.9. The topological polar surface area (TPSA) is 80.0 Å². The van der Waals surface area contributed by atoms with E-state index in [4.69, 9.17) is 4.52 Å². The fraction of sp³-hybridized carbons (Fsp3) is 0.526. The third-order valence-electron chi connectivity index (χ3n) is 4.93. The van der Waals surface area contributed by atoms with Crippen LogP contribution in [0.15, 0.2) is 34.9 Å². The summed E-state index contributed by atoms with van der Waals surface area (Å²) in [6.45, 7) is 4.03.